The number of hydrogen-bond donors (Lipinski definition) is 0. The number of nitrogens with zero attached hydrogens (tertiary/aromatic N) is 4. The van der Waals surface area contributed by atoms with Crippen LogP contribution in [-0.2, 0) is 11.3 Å². The molecule has 60 valence electrons. The van der Waals surface area contributed by atoms with Crippen LogP contribution in [0, 0.1) is 0 Å². The molecule has 0 aromatic carbocycles. The van der Waals surface area contributed by atoms with Crippen LogP contribution >= 0.6 is 0 Å². The Balaban J connectivity index is 1.90. The van der Waals surface area contributed by atoms with Crippen LogP contribution in [0.3, 0.4) is 0 Å². The zero-order valence-electron chi connectivity index (χ0n) is 6.18. The van der Waals surface area contributed by atoms with Gasteiger partial charge >= 0.3 is 0 Å². The van der Waals surface area contributed by atoms with Gasteiger partial charge in [0.1, 0.15) is 6.33 Å². The Morgan fingerprint density at radius 2 is 2.64 bits per heavy atom. The summed E-state index contributed by atoms with van der Waals surface area (Å²) in [4.78, 5) is 0. The molecule has 0 spiro atoms. The van der Waals surface area contributed by atoms with Gasteiger partial charge in [-0.2, -0.15) is 0 Å². The zero-order valence-corrected chi connectivity index (χ0v) is 6.18. The Morgan fingerprint density at radius 3 is 3.27 bits per heavy atom. The molecule has 1 aromatic heterocycles. The lowest BCUT2D eigenvalue weighted by Gasteiger charge is -2.06. The van der Waals surface area contributed by atoms with Crippen molar-refractivity contribution in [3.05, 3.63) is 6.33 Å². The molecule has 0 aliphatic carbocycles. The summed E-state index contributed by atoms with van der Waals surface area (Å²) < 4.78 is 7.11. The van der Waals surface area contributed by atoms with Gasteiger partial charge in [0.05, 0.1) is 12.6 Å². The van der Waals surface area contributed by atoms with Crippen molar-refractivity contribution in [1.82, 2.24) is 20.2 Å². The van der Waals surface area contributed by atoms with Crippen molar-refractivity contribution in [3.8, 4) is 0 Å². The van der Waals surface area contributed by atoms with E-state index in [2.05, 4.69) is 15.5 Å². The lowest BCUT2D eigenvalue weighted by molar-refractivity contribution is 0.0935. The van der Waals surface area contributed by atoms with Crippen molar-refractivity contribution >= 4 is 0 Å². The lowest BCUT2D eigenvalue weighted by atomic mass is 10.2. The summed E-state index contributed by atoms with van der Waals surface area (Å²) in [5.74, 6) is 0. The minimum Gasteiger partial charge on any atom is -0.376 e. The molecule has 0 N–H and O–H groups in total. The predicted octanol–water partition coefficient (Wildman–Crippen LogP) is -0.148. The first kappa shape index (κ1) is 6.72. The van der Waals surface area contributed by atoms with Crippen LogP contribution in [0.2, 0.25) is 0 Å². The molecular weight excluding hydrogens is 144 g/mol. The Hall–Kier alpha value is -0.970. The summed E-state index contributed by atoms with van der Waals surface area (Å²) in [6, 6.07) is 0. The summed E-state index contributed by atoms with van der Waals surface area (Å²) in [6.07, 6.45) is 4.22. The monoisotopic (exact) mass is 154 g/mol. The fraction of sp³-hybridized carbons (Fsp3) is 0.833. The summed E-state index contributed by atoms with van der Waals surface area (Å²) in [6.45, 7) is 1.67. The summed E-state index contributed by atoms with van der Waals surface area (Å²) in [7, 11) is 0. The van der Waals surface area contributed by atoms with E-state index >= 15 is 0 Å². The third kappa shape index (κ3) is 1.54. The highest BCUT2D eigenvalue weighted by molar-refractivity contribution is 4.64. The molecule has 1 aliphatic rings. The van der Waals surface area contributed by atoms with Gasteiger partial charge in [0.15, 0.2) is 0 Å². The Labute approximate surface area is 64.3 Å². The second-order valence-corrected chi connectivity index (χ2v) is 2.67. The second kappa shape index (κ2) is 2.96. The molecule has 5 nitrogen and oxygen atoms in total. The Bertz CT molecular complexity index is 204. The standard InChI is InChI=1S/C6H10N4O/c1-2-6(11-3-1)4-10-5-7-8-9-10/h5-6H,1-4H2. The summed E-state index contributed by atoms with van der Waals surface area (Å²) in [5.41, 5.74) is 0. The number of aromatic nitrogens is 4. The van der Waals surface area contributed by atoms with E-state index in [0.29, 0.717) is 6.10 Å². The van der Waals surface area contributed by atoms with Crippen molar-refractivity contribution in [3.63, 3.8) is 0 Å². The van der Waals surface area contributed by atoms with Crippen molar-refractivity contribution in [1.29, 1.82) is 0 Å². The zero-order chi connectivity index (χ0) is 7.52. The van der Waals surface area contributed by atoms with Crippen molar-refractivity contribution in [2.45, 2.75) is 25.5 Å². The van der Waals surface area contributed by atoms with Crippen LogP contribution in [0.5, 0.6) is 0 Å². The second-order valence-electron chi connectivity index (χ2n) is 2.67. The van der Waals surface area contributed by atoms with Gasteiger partial charge in [-0.25, -0.2) is 4.68 Å². The third-order valence-corrected chi connectivity index (χ3v) is 1.81. The van der Waals surface area contributed by atoms with E-state index < -0.39 is 0 Å². The maximum absolute atomic E-state index is 5.41. The van der Waals surface area contributed by atoms with E-state index in [4.69, 9.17) is 4.74 Å². The molecule has 0 radical (unpaired) electrons. The average Bonchev–Trinajstić information content (AvgIpc) is 2.60. The van der Waals surface area contributed by atoms with Gasteiger partial charge in [0.25, 0.3) is 0 Å². The van der Waals surface area contributed by atoms with Crippen LogP contribution in [-0.4, -0.2) is 32.9 Å². The van der Waals surface area contributed by atoms with E-state index in [9.17, 15) is 0 Å². The van der Waals surface area contributed by atoms with E-state index in [1.165, 1.54) is 0 Å². The van der Waals surface area contributed by atoms with Crippen molar-refractivity contribution < 1.29 is 4.74 Å². The van der Waals surface area contributed by atoms with Crippen molar-refractivity contribution in [2.24, 2.45) is 0 Å². The van der Waals surface area contributed by atoms with Gasteiger partial charge in [-0.15, -0.1) is 5.10 Å². The first-order valence-electron chi connectivity index (χ1n) is 3.77. The predicted molar refractivity (Wildman–Crippen MR) is 36.8 cm³/mol. The molecule has 1 aliphatic heterocycles. The Morgan fingerprint density at radius 1 is 1.64 bits per heavy atom. The minimum absolute atomic E-state index is 0.318. The van der Waals surface area contributed by atoms with Crippen LogP contribution < -0.4 is 0 Å². The normalized spacial score (nSPS) is 24.2. The molecule has 1 unspecified atom stereocenters. The molecule has 1 fully saturated rings. The molecule has 5 heteroatoms. The van der Waals surface area contributed by atoms with Gasteiger partial charge in [-0.05, 0) is 23.3 Å². The fourth-order valence-corrected chi connectivity index (χ4v) is 1.26. The SMILES string of the molecule is c1nnnn1CC1CCCO1. The molecule has 1 atom stereocenters. The number of tetrazole rings is 1. The highest BCUT2D eigenvalue weighted by Gasteiger charge is 2.15. The molecular formula is C6H10N4O. The molecule has 0 saturated carbocycles. The maximum atomic E-state index is 5.41. The molecule has 1 aromatic rings. The van der Waals surface area contributed by atoms with Gasteiger partial charge in [0, 0.05) is 6.61 Å². The highest BCUT2D eigenvalue weighted by atomic mass is 16.5. The molecule has 2 rings (SSSR count). The Kier molecular flexibility index (Phi) is 1.81. The number of ether oxygens (including phenoxy) is 1. The quantitative estimate of drug-likeness (QED) is 0.594. The van der Waals surface area contributed by atoms with Gasteiger partial charge < -0.3 is 4.74 Å². The van der Waals surface area contributed by atoms with Gasteiger partial charge in [0.2, 0.25) is 0 Å². The van der Waals surface area contributed by atoms with Crippen molar-refractivity contribution in [2.75, 3.05) is 6.61 Å². The van der Waals surface area contributed by atoms with E-state index in [1.54, 1.807) is 11.0 Å². The van der Waals surface area contributed by atoms with Crippen LogP contribution in [0.25, 0.3) is 0 Å². The minimum atomic E-state index is 0.318. The molecule has 11 heavy (non-hydrogen) atoms. The number of rotatable bonds is 2. The van der Waals surface area contributed by atoms with Crippen LogP contribution in [0.1, 0.15) is 12.8 Å². The molecule has 0 bridgehead atoms. The van der Waals surface area contributed by atoms with Crippen LogP contribution in [0.4, 0.5) is 0 Å². The topological polar surface area (TPSA) is 52.8 Å². The lowest BCUT2D eigenvalue weighted by Crippen LogP contribution is -2.15. The molecule has 0 amide bonds. The average molecular weight is 154 g/mol. The third-order valence-electron chi connectivity index (χ3n) is 1.81. The molecule has 1 saturated heterocycles. The van der Waals surface area contributed by atoms with Gasteiger partial charge in [-0.3, -0.25) is 0 Å². The summed E-state index contributed by atoms with van der Waals surface area (Å²) in [5, 5.41) is 10.8. The first-order chi connectivity index (χ1) is 5.45. The maximum Gasteiger partial charge on any atom is 0.138 e. The van der Waals surface area contributed by atoms with Gasteiger partial charge in [-0.1, -0.05) is 0 Å². The van der Waals surface area contributed by atoms with Crippen LogP contribution in [0.15, 0.2) is 6.33 Å². The van der Waals surface area contributed by atoms with E-state index in [1.807, 2.05) is 0 Å². The molecule has 2 heterocycles. The first-order valence-corrected chi connectivity index (χ1v) is 3.77. The van der Waals surface area contributed by atoms with E-state index in [-0.39, 0.29) is 0 Å². The largest absolute Gasteiger partial charge is 0.376 e. The fourth-order valence-electron chi connectivity index (χ4n) is 1.26. The highest BCUT2D eigenvalue weighted by Crippen LogP contribution is 2.12. The number of hydrogen-bond acceptors (Lipinski definition) is 4. The smallest absolute Gasteiger partial charge is 0.138 e. The summed E-state index contributed by atoms with van der Waals surface area (Å²) >= 11 is 0. The van der Waals surface area contributed by atoms with E-state index in [0.717, 1.165) is 26.0 Å².